The van der Waals surface area contributed by atoms with Gasteiger partial charge in [0.25, 0.3) is 5.91 Å². The second-order valence-corrected chi connectivity index (χ2v) is 4.02. The smallest absolute Gasteiger partial charge is 0.253 e. The van der Waals surface area contributed by atoms with E-state index in [1.807, 2.05) is 0 Å². The lowest BCUT2D eigenvalue weighted by atomic mass is 10.1. The number of benzene rings is 1. The van der Waals surface area contributed by atoms with Crippen molar-refractivity contribution in [1.29, 1.82) is 0 Å². The van der Waals surface area contributed by atoms with Gasteiger partial charge in [0.1, 0.15) is 17.9 Å². The average Bonchev–Trinajstić information content (AvgIpc) is 2.92. The van der Waals surface area contributed by atoms with Crippen molar-refractivity contribution < 1.29 is 9.53 Å². The molecule has 0 aliphatic heterocycles. The summed E-state index contributed by atoms with van der Waals surface area (Å²) in [6.45, 7) is 1.80. The minimum atomic E-state index is -0.281. The molecule has 0 saturated heterocycles. The fourth-order valence-corrected chi connectivity index (χ4v) is 1.64. The van der Waals surface area contributed by atoms with E-state index in [-0.39, 0.29) is 11.9 Å². The maximum atomic E-state index is 12.1. The van der Waals surface area contributed by atoms with E-state index in [2.05, 4.69) is 20.5 Å². The van der Waals surface area contributed by atoms with Crippen LogP contribution in [0, 0.1) is 0 Å². The molecule has 0 bridgehead atoms. The van der Waals surface area contributed by atoms with Gasteiger partial charge >= 0.3 is 0 Å². The zero-order chi connectivity index (χ0) is 13.8. The number of carbonyl (C=O) groups excluding carboxylic acids is 1. The number of nitrogens with two attached hydrogens (primary N) is 1. The first-order valence-electron chi connectivity index (χ1n) is 5.71. The number of amides is 1. The lowest BCUT2D eigenvalue weighted by Crippen LogP contribution is -2.28. The minimum Gasteiger partial charge on any atom is -0.497 e. The van der Waals surface area contributed by atoms with Gasteiger partial charge in [-0.1, -0.05) is 0 Å². The summed E-state index contributed by atoms with van der Waals surface area (Å²) in [6.07, 6.45) is 1.39. The molecule has 19 heavy (non-hydrogen) atoms. The van der Waals surface area contributed by atoms with Crippen LogP contribution in [0.1, 0.15) is 29.1 Å². The molecule has 0 aliphatic carbocycles. The third-order valence-corrected chi connectivity index (χ3v) is 2.69. The highest BCUT2D eigenvalue weighted by atomic mass is 16.5. The highest BCUT2D eigenvalue weighted by molar-refractivity contribution is 5.99. The molecule has 7 heteroatoms. The zero-order valence-corrected chi connectivity index (χ0v) is 10.7. The number of nitrogen functional groups attached to an aromatic ring is 1. The van der Waals surface area contributed by atoms with Crippen LogP contribution in [0.2, 0.25) is 0 Å². The normalized spacial score (nSPS) is 11.9. The van der Waals surface area contributed by atoms with E-state index in [4.69, 9.17) is 10.5 Å². The molecule has 1 unspecified atom stereocenters. The van der Waals surface area contributed by atoms with Crippen molar-refractivity contribution >= 4 is 11.6 Å². The van der Waals surface area contributed by atoms with Gasteiger partial charge in [0.2, 0.25) is 0 Å². The van der Waals surface area contributed by atoms with Crippen LogP contribution in [0.15, 0.2) is 24.5 Å². The van der Waals surface area contributed by atoms with Crippen LogP contribution in [0.25, 0.3) is 0 Å². The van der Waals surface area contributed by atoms with Crippen molar-refractivity contribution in [1.82, 2.24) is 20.5 Å². The maximum Gasteiger partial charge on any atom is 0.253 e. The summed E-state index contributed by atoms with van der Waals surface area (Å²) in [6, 6.07) is 4.63. The Morgan fingerprint density at radius 2 is 2.32 bits per heavy atom. The van der Waals surface area contributed by atoms with Gasteiger partial charge in [0.05, 0.1) is 18.7 Å². The Kier molecular flexibility index (Phi) is 3.65. The van der Waals surface area contributed by atoms with Crippen molar-refractivity contribution in [3.8, 4) is 5.75 Å². The summed E-state index contributed by atoms with van der Waals surface area (Å²) >= 11 is 0. The quantitative estimate of drug-likeness (QED) is 0.708. The summed E-state index contributed by atoms with van der Waals surface area (Å²) in [5, 5.41) is 9.22. The molecule has 2 aromatic rings. The molecule has 0 radical (unpaired) electrons. The number of hydrogen-bond donors (Lipinski definition) is 3. The number of methoxy groups -OCH3 is 1. The van der Waals surface area contributed by atoms with Crippen LogP contribution < -0.4 is 15.8 Å². The number of rotatable bonds is 4. The van der Waals surface area contributed by atoms with E-state index in [0.717, 1.165) is 0 Å². The van der Waals surface area contributed by atoms with Crippen molar-refractivity contribution in [2.24, 2.45) is 0 Å². The first-order valence-corrected chi connectivity index (χ1v) is 5.71. The summed E-state index contributed by atoms with van der Waals surface area (Å²) in [7, 11) is 1.54. The molecule has 1 amide bonds. The van der Waals surface area contributed by atoms with E-state index in [0.29, 0.717) is 22.8 Å². The van der Waals surface area contributed by atoms with E-state index in [1.165, 1.54) is 6.33 Å². The summed E-state index contributed by atoms with van der Waals surface area (Å²) in [5.74, 6) is 0.918. The molecule has 1 atom stereocenters. The average molecular weight is 261 g/mol. The standard InChI is InChI=1S/C12H15N5O2/c1-7(11-14-6-15-17-11)16-12(18)9-4-3-8(19-2)5-10(9)13/h3-7H,13H2,1-2H3,(H,16,18)(H,14,15,17). The highest BCUT2D eigenvalue weighted by Crippen LogP contribution is 2.20. The molecule has 0 spiro atoms. The van der Waals surface area contributed by atoms with Gasteiger partial charge in [-0.05, 0) is 19.1 Å². The molecule has 1 aromatic heterocycles. The summed E-state index contributed by atoms with van der Waals surface area (Å²) in [4.78, 5) is 16.1. The number of aromatic amines is 1. The number of nitrogens with one attached hydrogen (secondary N) is 2. The monoisotopic (exact) mass is 261 g/mol. The number of aromatic nitrogens is 3. The van der Waals surface area contributed by atoms with Gasteiger partial charge < -0.3 is 15.8 Å². The van der Waals surface area contributed by atoms with Crippen LogP contribution in [0.4, 0.5) is 5.69 Å². The Balaban J connectivity index is 2.12. The summed E-state index contributed by atoms with van der Waals surface area (Å²) in [5.41, 5.74) is 6.57. The highest BCUT2D eigenvalue weighted by Gasteiger charge is 2.15. The Bertz CT molecular complexity index is 568. The van der Waals surface area contributed by atoms with Gasteiger partial charge in [0, 0.05) is 11.8 Å². The predicted octanol–water partition coefficient (Wildman–Crippen LogP) is 0.886. The van der Waals surface area contributed by atoms with Gasteiger partial charge in [-0.3, -0.25) is 9.89 Å². The second-order valence-electron chi connectivity index (χ2n) is 4.02. The molecule has 100 valence electrons. The molecule has 0 saturated carbocycles. The van der Waals surface area contributed by atoms with Gasteiger partial charge in [0.15, 0.2) is 0 Å². The van der Waals surface area contributed by atoms with E-state index in [9.17, 15) is 4.79 Å². The van der Waals surface area contributed by atoms with Crippen molar-refractivity contribution in [2.75, 3.05) is 12.8 Å². The molecule has 2 rings (SSSR count). The van der Waals surface area contributed by atoms with E-state index >= 15 is 0 Å². The molecule has 0 aliphatic rings. The predicted molar refractivity (Wildman–Crippen MR) is 69.7 cm³/mol. The number of ether oxygens (including phenoxy) is 1. The van der Waals surface area contributed by atoms with Gasteiger partial charge in [-0.25, -0.2) is 4.98 Å². The molecule has 1 aromatic carbocycles. The molecular formula is C12H15N5O2. The number of hydrogen-bond acceptors (Lipinski definition) is 5. The van der Waals surface area contributed by atoms with Crippen molar-refractivity contribution in [3.63, 3.8) is 0 Å². The zero-order valence-electron chi connectivity index (χ0n) is 10.7. The lowest BCUT2D eigenvalue weighted by Gasteiger charge is -2.12. The van der Waals surface area contributed by atoms with Crippen LogP contribution >= 0.6 is 0 Å². The summed E-state index contributed by atoms with van der Waals surface area (Å²) < 4.78 is 5.03. The molecule has 0 fully saturated rings. The number of carbonyl (C=O) groups is 1. The van der Waals surface area contributed by atoms with Gasteiger partial charge in [-0.15, -0.1) is 0 Å². The number of nitrogens with zero attached hydrogens (tertiary/aromatic N) is 2. The molecular weight excluding hydrogens is 246 g/mol. The third kappa shape index (κ3) is 2.82. The van der Waals surface area contributed by atoms with Gasteiger partial charge in [-0.2, -0.15) is 5.10 Å². The Morgan fingerprint density at radius 1 is 1.53 bits per heavy atom. The lowest BCUT2D eigenvalue weighted by molar-refractivity contribution is 0.0939. The topological polar surface area (TPSA) is 106 Å². The maximum absolute atomic E-state index is 12.1. The molecule has 1 heterocycles. The number of H-pyrrole nitrogens is 1. The van der Waals surface area contributed by atoms with Crippen molar-refractivity contribution in [3.05, 3.63) is 35.9 Å². The van der Waals surface area contributed by atoms with Crippen molar-refractivity contribution in [2.45, 2.75) is 13.0 Å². The first-order chi connectivity index (χ1) is 9.11. The van der Waals surface area contributed by atoms with E-state index < -0.39 is 0 Å². The second kappa shape index (κ2) is 5.38. The fraction of sp³-hybridized carbons (Fsp3) is 0.250. The van der Waals surface area contributed by atoms with Crippen LogP contribution in [-0.4, -0.2) is 28.2 Å². The van der Waals surface area contributed by atoms with E-state index in [1.54, 1.807) is 32.2 Å². The third-order valence-electron chi connectivity index (χ3n) is 2.69. The first kappa shape index (κ1) is 12.9. The fourth-order valence-electron chi connectivity index (χ4n) is 1.64. The Hall–Kier alpha value is -2.57. The van der Waals surface area contributed by atoms with Crippen LogP contribution in [-0.2, 0) is 0 Å². The number of anilines is 1. The molecule has 4 N–H and O–H groups in total. The Morgan fingerprint density at radius 3 is 2.89 bits per heavy atom. The minimum absolute atomic E-state index is 0.274. The van der Waals surface area contributed by atoms with Crippen LogP contribution in [0.5, 0.6) is 5.75 Å². The Labute approximate surface area is 110 Å². The largest absolute Gasteiger partial charge is 0.497 e. The molecule has 7 nitrogen and oxygen atoms in total. The SMILES string of the molecule is COc1ccc(C(=O)NC(C)c2ncn[nH]2)c(N)c1. The van der Waals surface area contributed by atoms with Crippen LogP contribution in [0.3, 0.4) is 0 Å².